The van der Waals surface area contributed by atoms with Crippen LogP contribution in [-0.2, 0) is 13.0 Å². The van der Waals surface area contributed by atoms with Crippen molar-refractivity contribution in [3.8, 4) is 0 Å². The monoisotopic (exact) mass is 300 g/mol. The number of hydrogen-bond acceptors (Lipinski definition) is 4. The number of thiophene rings is 1. The van der Waals surface area contributed by atoms with Gasteiger partial charge in [0.05, 0.1) is 12.2 Å². The van der Waals surface area contributed by atoms with Crippen LogP contribution in [0.25, 0.3) is 5.52 Å². The average Bonchev–Trinajstić information content (AvgIpc) is 3.11. The van der Waals surface area contributed by atoms with Crippen LogP contribution in [0.4, 0.5) is 5.82 Å². The molecule has 0 saturated carbocycles. The van der Waals surface area contributed by atoms with E-state index in [2.05, 4.69) is 53.7 Å². The Morgan fingerprint density at radius 1 is 1.38 bits per heavy atom. The van der Waals surface area contributed by atoms with Crippen molar-refractivity contribution in [1.29, 1.82) is 0 Å². The molecule has 3 aromatic heterocycles. The molecule has 0 amide bonds. The second-order valence-corrected chi connectivity index (χ2v) is 6.41. The SMILES string of the molecule is CCc1ccsc1CNc1nccn2nc(C(C)C)cc12. The molecule has 4 nitrogen and oxygen atoms in total. The summed E-state index contributed by atoms with van der Waals surface area (Å²) in [6.45, 7) is 7.31. The van der Waals surface area contributed by atoms with Crippen LogP contribution in [0, 0.1) is 0 Å². The van der Waals surface area contributed by atoms with E-state index in [4.69, 9.17) is 0 Å². The highest BCUT2D eigenvalue weighted by molar-refractivity contribution is 7.10. The number of aromatic nitrogens is 3. The van der Waals surface area contributed by atoms with Crippen LogP contribution in [0.3, 0.4) is 0 Å². The number of nitrogens with one attached hydrogen (secondary N) is 1. The number of hydrogen-bond donors (Lipinski definition) is 1. The van der Waals surface area contributed by atoms with Crippen LogP contribution in [-0.4, -0.2) is 14.6 Å². The van der Waals surface area contributed by atoms with Gasteiger partial charge in [-0.2, -0.15) is 5.10 Å². The Labute approximate surface area is 128 Å². The Bertz CT molecular complexity index is 742. The number of anilines is 1. The second kappa shape index (κ2) is 5.85. The smallest absolute Gasteiger partial charge is 0.152 e. The minimum Gasteiger partial charge on any atom is -0.363 e. The van der Waals surface area contributed by atoms with E-state index >= 15 is 0 Å². The van der Waals surface area contributed by atoms with E-state index in [1.54, 1.807) is 17.5 Å². The molecular weight excluding hydrogens is 280 g/mol. The summed E-state index contributed by atoms with van der Waals surface area (Å²) in [5.41, 5.74) is 3.54. The molecular formula is C16H20N4S. The van der Waals surface area contributed by atoms with Crippen molar-refractivity contribution in [3.05, 3.63) is 46.0 Å². The summed E-state index contributed by atoms with van der Waals surface area (Å²) in [7, 11) is 0. The summed E-state index contributed by atoms with van der Waals surface area (Å²) in [5, 5.41) is 10.2. The van der Waals surface area contributed by atoms with Gasteiger partial charge in [0.25, 0.3) is 0 Å². The van der Waals surface area contributed by atoms with Gasteiger partial charge in [-0.1, -0.05) is 20.8 Å². The fourth-order valence-corrected chi connectivity index (χ4v) is 3.28. The molecule has 3 heterocycles. The lowest BCUT2D eigenvalue weighted by Crippen LogP contribution is -2.03. The molecule has 0 radical (unpaired) electrons. The van der Waals surface area contributed by atoms with Crippen molar-refractivity contribution in [3.63, 3.8) is 0 Å². The molecule has 3 aromatic rings. The van der Waals surface area contributed by atoms with E-state index in [0.29, 0.717) is 5.92 Å². The van der Waals surface area contributed by atoms with Gasteiger partial charge in [0.1, 0.15) is 5.52 Å². The maximum Gasteiger partial charge on any atom is 0.152 e. The van der Waals surface area contributed by atoms with Crippen LogP contribution in [0.1, 0.15) is 42.8 Å². The highest BCUT2D eigenvalue weighted by atomic mass is 32.1. The first-order valence-corrected chi connectivity index (χ1v) is 8.20. The van der Waals surface area contributed by atoms with Gasteiger partial charge in [0.2, 0.25) is 0 Å². The molecule has 1 N–H and O–H groups in total. The maximum atomic E-state index is 4.59. The summed E-state index contributed by atoms with van der Waals surface area (Å²) in [5.74, 6) is 1.31. The van der Waals surface area contributed by atoms with Gasteiger partial charge >= 0.3 is 0 Å². The summed E-state index contributed by atoms with van der Waals surface area (Å²) in [4.78, 5) is 5.85. The third kappa shape index (κ3) is 2.78. The van der Waals surface area contributed by atoms with Gasteiger partial charge in [0, 0.05) is 17.3 Å². The Morgan fingerprint density at radius 3 is 3.00 bits per heavy atom. The fraction of sp³-hybridized carbons (Fsp3) is 0.375. The second-order valence-electron chi connectivity index (χ2n) is 5.41. The topological polar surface area (TPSA) is 42.2 Å². The van der Waals surface area contributed by atoms with Crippen molar-refractivity contribution in [1.82, 2.24) is 14.6 Å². The molecule has 3 rings (SSSR count). The largest absolute Gasteiger partial charge is 0.363 e. The molecule has 0 fully saturated rings. The molecule has 0 bridgehead atoms. The van der Waals surface area contributed by atoms with Gasteiger partial charge in [0.15, 0.2) is 5.82 Å². The lowest BCUT2D eigenvalue weighted by Gasteiger charge is -2.07. The van der Waals surface area contributed by atoms with E-state index in [1.807, 2.05) is 10.7 Å². The van der Waals surface area contributed by atoms with Crippen molar-refractivity contribution in [2.45, 2.75) is 39.7 Å². The first-order valence-electron chi connectivity index (χ1n) is 7.32. The molecule has 5 heteroatoms. The fourth-order valence-electron chi connectivity index (χ4n) is 2.36. The average molecular weight is 300 g/mol. The quantitative estimate of drug-likeness (QED) is 0.771. The Hall–Kier alpha value is -1.88. The van der Waals surface area contributed by atoms with Gasteiger partial charge in [-0.15, -0.1) is 11.3 Å². The Kier molecular flexibility index (Phi) is 3.92. The lowest BCUT2D eigenvalue weighted by molar-refractivity contribution is 0.787. The van der Waals surface area contributed by atoms with E-state index in [-0.39, 0.29) is 0 Å². The zero-order valence-electron chi connectivity index (χ0n) is 12.6. The minimum atomic E-state index is 0.418. The molecule has 0 atom stereocenters. The van der Waals surface area contributed by atoms with Crippen molar-refractivity contribution in [2.24, 2.45) is 0 Å². The number of aryl methyl sites for hydroxylation is 1. The maximum absolute atomic E-state index is 4.59. The first-order chi connectivity index (χ1) is 10.2. The van der Waals surface area contributed by atoms with E-state index in [1.165, 1.54) is 10.4 Å². The van der Waals surface area contributed by atoms with E-state index in [0.717, 1.165) is 30.0 Å². The molecule has 0 aliphatic carbocycles. The first kappa shape index (κ1) is 14.1. The van der Waals surface area contributed by atoms with Gasteiger partial charge in [-0.05, 0) is 35.4 Å². The van der Waals surface area contributed by atoms with Gasteiger partial charge < -0.3 is 5.32 Å². The van der Waals surface area contributed by atoms with E-state index < -0.39 is 0 Å². The number of rotatable bonds is 5. The molecule has 110 valence electrons. The third-order valence-corrected chi connectivity index (χ3v) is 4.60. The molecule has 21 heavy (non-hydrogen) atoms. The predicted octanol–water partition coefficient (Wildman–Crippen LogP) is 4.09. The van der Waals surface area contributed by atoms with Crippen molar-refractivity contribution < 1.29 is 0 Å². The molecule has 0 aliphatic heterocycles. The van der Waals surface area contributed by atoms with Crippen LogP contribution in [0.5, 0.6) is 0 Å². The highest BCUT2D eigenvalue weighted by Crippen LogP contribution is 2.22. The summed E-state index contributed by atoms with van der Waals surface area (Å²) in [6, 6.07) is 4.32. The van der Waals surface area contributed by atoms with Crippen LogP contribution in [0.2, 0.25) is 0 Å². The zero-order chi connectivity index (χ0) is 14.8. The van der Waals surface area contributed by atoms with Gasteiger partial charge in [-0.3, -0.25) is 0 Å². The predicted molar refractivity (Wildman–Crippen MR) is 88.1 cm³/mol. The normalized spacial score (nSPS) is 11.4. The molecule has 0 aromatic carbocycles. The minimum absolute atomic E-state index is 0.418. The highest BCUT2D eigenvalue weighted by Gasteiger charge is 2.10. The summed E-state index contributed by atoms with van der Waals surface area (Å²) >= 11 is 1.80. The number of fused-ring (bicyclic) bond motifs is 1. The molecule has 0 aliphatic rings. The summed E-state index contributed by atoms with van der Waals surface area (Å²) < 4.78 is 1.90. The molecule has 0 spiro atoms. The third-order valence-electron chi connectivity index (χ3n) is 3.64. The van der Waals surface area contributed by atoms with Gasteiger partial charge in [-0.25, -0.2) is 9.50 Å². The standard InChI is InChI=1S/C16H20N4S/c1-4-12-5-8-21-15(12)10-18-16-14-9-13(11(2)3)19-20(14)7-6-17-16/h5-9,11H,4,10H2,1-3H3,(H,17,18). The van der Waals surface area contributed by atoms with Crippen molar-refractivity contribution in [2.75, 3.05) is 5.32 Å². The van der Waals surface area contributed by atoms with Crippen molar-refractivity contribution >= 4 is 22.7 Å². The molecule has 0 unspecified atom stereocenters. The lowest BCUT2D eigenvalue weighted by atomic mass is 10.1. The number of nitrogens with zero attached hydrogens (tertiary/aromatic N) is 3. The Morgan fingerprint density at radius 2 is 2.24 bits per heavy atom. The Balaban J connectivity index is 1.87. The zero-order valence-corrected chi connectivity index (χ0v) is 13.4. The van der Waals surface area contributed by atoms with E-state index in [9.17, 15) is 0 Å². The van der Waals surface area contributed by atoms with Crippen LogP contribution < -0.4 is 5.32 Å². The summed E-state index contributed by atoms with van der Waals surface area (Å²) in [6.07, 6.45) is 4.76. The van der Waals surface area contributed by atoms with Crippen LogP contribution >= 0.6 is 11.3 Å². The molecule has 0 saturated heterocycles. The van der Waals surface area contributed by atoms with Crippen LogP contribution in [0.15, 0.2) is 29.9 Å².